The minimum Gasteiger partial charge on any atom is -0.340 e. The Bertz CT molecular complexity index is 215. The molecule has 0 aromatic carbocycles. The second-order valence-electron chi connectivity index (χ2n) is 5.12. The van der Waals surface area contributed by atoms with Crippen LogP contribution in [0.1, 0.15) is 65.7 Å². The fourth-order valence-corrected chi connectivity index (χ4v) is 2.61. The van der Waals surface area contributed by atoms with Crippen molar-refractivity contribution in [1.82, 2.24) is 4.90 Å². The molecule has 1 aliphatic heterocycles. The van der Waals surface area contributed by atoms with Crippen molar-refractivity contribution in [2.45, 2.75) is 71.8 Å². The lowest BCUT2D eigenvalue weighted by molar-refractivity contribution is -0.139. The monoisotopic (exact) mass is 225 g/mol. The van der Waals surface area contributed by atoms with Gasteiger partial charge < -0.3 is 4.90 Å². The average Bonchev–Trinajstić information content (AvgIpc) is 2.30. The number of unbranched alkanes of at least 4 members (excludes halogenated alkanes) is 1. The number of nitrogens with zero attached hydrogens (tertiary/aromatic N) is 1. The van der Waals surface area contributed by atoms with Crippen LogP contribution < -0.4 is 0 Å². The van der Waals surface area contributed by atoms with E-state index in [2.05, 4.69) is 25.7 Å². The molecule has 1 fully saturated rings. The number of carbonyl (C=O) groups excluding carboxylic acids is 1. The van der Waals surface area contributed by atoms with Crippen LogP contribution in [0.25, 0.3) is 0 Å². The molecule has 16 heavy (non-hydrogen) atoms. The molecular formula is C14H27NO. The fraction of sp³-hybridized carbons (Fsp3) is 0.929. The molecule has 0 bridgehead atoms. The predicted molar refractivity (Wildman–Crippen MR) is 68.3 cm³/mol. The highest BCUT2D eigenvalue weighted by atomic mass is 16.2. The van der Waals surface area contributed by atoms with Crippen molar-refractivity contribution in [3.8, 4) is 0 Å². The maximum absolute atomic E-state index is 12.4. The van der Waals surface area contributed by atoms with E-state index in [9.17, 15) is 4.79 Å². The van der Waals surface area contributed by atoms with Crippen LogP contribution in [0, 0.1) is 5.92 Å². The van der Waals surface area contributed by atoms with E-state index in [4.69, 9.17) is 0 Å². The van der Waals surface area contributed by atoms with E-state index in [0.717, 1.165) is 19.4 Å². The molecule has 2 nitrogen and oxygen atoms in total. The van der Waals surface area contributed by atoms with Gasteiger partial charge in [-0.3, -0.25) is 4.79 Å². The molecule has 2 heteroatoms. The fourth-order valence-electron chi connectivity index (χ4n) is 2.61. The van der Waals surface area contributed by atoms with Crippen LogP contribution in [0.2, 0.25) is 0 Å². The largest absolute Gasteiger partial charge is 0.340 e. The van der Waals surface area contributed by atoms with Gasteiger partial charge >= 0.3 is 0 Å². The number of amides is 1. The first kappa shape index (κ1) is 13.5. The summed E-state index contributed by atoms with van der Waals surface area (Å²) >= 11 is 0. The van der Waals surface area contributed by atoms with Gasteiger partial charge in [0.15, 0.2) is 0 Å². The first-order chi connectivity index (χ1) is 7.70. The Kier molecular flexibility index (Phi) is 5.86. The van der Waals surface area contributed by atoms with Crippen molar-refractivity contribution in [2.75, 3.05) is 6.54 Å². The summed E-state index contributed by atoms with van der Waals surface area (Å²) in [4.78, 5) is 14.5. The second kappa shape index (κ2) is 6.93. The second-order valence-corrected chi connectivity index (χ2v) is 5.12. The van der Waals surface area contributed by atoms with Crippen LogP contribution in [0.5, 0.6) is 0 Å². The summed E-state index contributed by atoms with van der Waals surface area (Å²) in [6, 6.07) is 0.469. The van der Waals surface area contributed by atoms with Gasteiger partial charge in [0, 0.05) is 18.5 Å². The van der Waals surface area contributed by atoms with Crippen molar-refractivity contribution in [3.63, 3.8) is 0 Å². The number of piperidine rings is 1. The summed E-state index contributed by atoms with van der Waals surface area (Å²) in [6.45, 7) is 7.53. The maximum atomic E-state index is 12.4. The van der Waals surface area contributed by atoms with Gasteiger partial charge in [-0.15, -0.1) is 0 Å². The molecule has 1 saturated heterocycles. The van der Waals surface area contributed by atoms with E-state index in [1.54, 1.807) is 0 Å². The summed E-state index contributed by atoms with van der Waals surface area (Å²) in [5, 5.41) is 0. The Labute approximate surface area is 100 Å². The van der Waals surface area contributed by atoms with E-state index in [1.807, 2.05) is 0 Å². The van der Waals surface area contributed by atoms with E-state index < -0.39 is 0 Å². The maximum Gasteiger partial charge on any atom is 0.225 e. The molecule has 0 aromatic rings. The Morgan fingerprint density at radius 3 is 2.69 bits per heavy atom. The van der Waals surface area contributed by atoms with Gasteiger partial charge in [0.25, 0.3) is 0 Å². The van der Waals surface area contributed by atoms with Gasteiger partial charge in [-0.05, 0) is 39.0 Å². The first-order valence-corrected chi connectivity index (χ1v) is 7.01. The first-order valence-electron chi connectivity index (χ1n) is 7.01. The summed E-state index contributed by atoms with van der Waals surface area (Å²) in [5.41, 5.74) is 0. The highest BCUT2D eigenvalue weighted by Crippen LogP contribution is 2.22. The lowest BCUT2D eigenvalue weighted by Gasteiger charge is -2.35. The lowest BCUT2D eigenvalue weighted by atomic mass is 9.95. The van der Waals surface area contributed by atoms with Gasteiger partial charge in [-0.1, -0.05) is 26.7 Å². The highest BCUT2D eigenvalue weighted by Gasteiger charge is 2.27. The topological polar surface area (TPSA) is 20.3 Å². The molecule has 0 aromatic heterocycles. The Morgan fingerprint density at radius 2 is 2.12 bits per heavy atom. The van der Waals surface area contributed by atoms with Gasteiger partial charge in [-0.25, -0.2) is 0 Å². The Morgan fingerprint density at radius 1 is 1.38 bits per heavy atom. The molecule has 0 aliphatic carbocycles. The van der Waals surface area contributed by atoms with Crippen molar-refractivity contribution < 1.29 is 4.79 Å². The molecule has 0 N–H and O–H groups in total. The van der Waals surface area contributed by atoms with Crippen LogP contribution in [0.4, 0.5) is 0 Å². The standard InChI is InChI=1S/C14H27NO/c1-4-6-10-13(5-2)14(16)15-11-8-7-9-12(15)3/h12-13H,4-11H2,1-3H3. The lowest BCUT2D eigenvalue weighted by Crippen LogP contribution is -2.45. The van der Waals surface area contributed by atoms with Gasteiger partial charge in [0.1, 0.15) is 0 Å². The van der Waals surface area contributed by atoms with E-state index in [0.29, 0.717) is 11.9 Å². The third kappa shape index (κ3) is 3.50. The Balaban J connectivity index is 2.51. The molecule has 94 valence electrons. The van der Waals surface area contributed by atoms with Crippen molar-refractivity contribution in [2.24, 2.45) is 5.92 Å². The number of carbonyl (C=O) groups is 1. The molecular weight excluding hydrogens is 198 g/mol. The quantitative estimate of drug-likeness (QED) is 0.700. The van der Waals surface area contributed by atoms with Gasteiger partial charge in [-0.2, -0.15) is 0 Å². The molecule has 1 heterocycles. The summed E-state index contributed by atoms with van der Waals surface area (Å²) in [6.07, 6.45) is 8.13. The van der Waals surface area contributed by atoms with Crippen LogP contribution in [-0.4, -0.2) is 23.4 Å². The number of rotatable bonds is 5. The Hall–Kier alpha value is -0.530. The van der Waals surface area contributed by atoms with E-state index in [1.165, 1.54) is 32.1 Å². The molecule has 1 amide bonds. The molecule has 2 unspecified atom stereocenters. The smallest absolute Gasteiger partial charge is 0.225 e. The number of hydrogen-bond acceptors (Lipinski definition) is 1. The normalized spacial score (nSPS) is 23.2. The van der Waals surface area contributed by atoms with Crippen LogP contribution in [0.3, 0.4) is 0 Å². The minimum atomic E-state index is 0.278. The van der Waals surface area contributed by atoms with Crippen molar-refractivity contribution >= 4 is 5.91 Å². The summed E-state index contributed by atoms with van der Waals surface area (Å²) < 4.78 is 0. The van der Waals surface area contributed by atoms with E-state index in [-0.39, 0.29) is 5.92 Å². The number of hydrogen-bond donors (Lipinski definition) is 0. The highest BCUT2D eigenvalue weighted by molar-refractivity contribution is 5.79. The summed E-state index contributed by atoms with van der Waals surface area (Å²) in [7, 11) is 0. The molecule has 0 saturated carbocycles. The molecule has 2 atom stereocenters. The van der Waals surface area contributed by atoms with Crippen LogP contribution in [0.15, 0.2) is 0 Å². The van der Waals surface area contributed by atoms with E-state index >= 15 is 0 Å². The molecule has 0 radical (unpaired) electrons. The zero-order valence-electron chi connectivity index (χ0n) is 11.2. The zero-order chi connectivity index (χ0) is 12.0. The summed E-state index contributed by atoms with van der Waals surface area (Å²) in [5.74, 6) is 0.698. The average molecular weight is 225 g/mol. The van der Waals surface area contributed by atoms with Crippen LogP contribution >= 0.6 is 0 Å². The van der Waals surface area contributed by atoms with Gasteiger partial charge in [0.2, 0.25) is 5.91 Å². The molecule has 0 spiro atoms. The van der Waals surface area contributed by atoms with Crippen molar-refractivity contribution in [1.29, 1.82) is 0 Å². The van der Waals surface area contributed by atoms with Gasteiger partial charge in [0.05, 0.1) is 0 Å². The van der Waals surface area contributed by atoms with Crippen LogP contribution in [-0.2, 0) is 4.79 Å². The van der Waals surface area contributed by atoms with Crippen molar-refractivity contribution in [3.05, 3.63) is 0 Å². The molecule has 1 aliphatic rings. The minimum absolute atomic E-state index is 0.278. The molecule has 1 rings (SSSR count). The third-order valence-corrected chi connectivity index (χ3v) is 3.83. The third-order valence-electron chi connectivity index (χ3n) is 3.83. The zero-order valence-corrected chi connectivity index (χ0v) is 11.2. The SMILES string of the molecule is CCCCC(CC)C(=O)N1CCCCC1C. The number of likely N-dealkylation sites (tertiary alicyclic amines) is 1. The predicted octanol–water partition coefficient (Wildman–Crippen LogP) is 3.60.